The van der Waals surface area contributed by atoms with Crippen molar-refractivity contribution in [3.05, 3.63) is 32.6 Å². The quantitative estimate of drug-likeness (QED) is 0.616. The van der Waals surface area contributed by atoms with Crippen molar-refractivity contribution in [1.29, 1.82) is 0 Å². The van der Waals surface area contributed by atoms with Gasteiger partial charge in [-0.3, -0.25) is 14.3 Å². The zero-order valence-corrected chi connectivity index (χ0v) is 10.00. The van der Waals surface area contributed by atoms with Crippen molar-refractivity contribution in [2.24, 2.45) is 11.8 Å². The van der Waals surface area contributed by atoms with Crippen molar-refractivity contribution in [2.75, 3.05) is 19.8 Å². The van der Waals surface area contributed by atoms with Gasteiger partial charge in [0.15, 0.2) is 0 Å². The summed E-state index contributed by atoms with van der Waals surface area (Å²) in [5.74, 6) is -0.572. The monoisotopic (exact) mass is 256 g/mol. The highest BCUT2D eigenvalue weighted by atomic mass is 16.5. The Labute approximate surface area is 103 Å². The fraction of sp³-hybridized carbons (Fsp3) is 0.636. The second-order valence-corrected chi connectivity index (χ2v) is 4.49. The van der Waals surface area contributed by atoms with Gasteiger partial charge in [0, 0.05) is 30.2 Å². The summed E-state index contributed by atoms with van der Waals surface area (Å²) in [4.78, 5) is 25.2. The van der Waals surface area contributed by atoms with Gasteiger partial charge >= 0.3 is 5.69 Å². The molecule has 2 rings (SSSR count). The average molecular weight is 256 g/mol. The van der Waals surface area contributed by atoms with E-state index in [1.807, 2.05) is 0 Å². The van der Waals surface area contributed by atoms with Crippen LogP contribution in [0.3, 0.4) is 0 Å². The van der Waals surface area contributed by atoms with Crippen LogP contribution in [-0.4, -0.2) is 39.6 Å². The molecule has 0 unspecified atom stereocenters. The van der Waals surface area contributed by atoms with E-state index in [4.69, 9.17) is 9.84 Å². The van der Waals surface area contributed by atoms with Gasteiger partial charge in [-0.2, -0.15) is 0 Å². The predicted octanol–water partition coefficient (Wildman–Crippen LogP) is -1.41. The van der Waals surface area contributed by atoms with Gasteiger partial charge in [0.05, 0.1) is 13.2 Å². The molecule has 100 valence electrons. The minimum atomic E-state index is -0.657. The fourth-order valence-electron chi connectivity index (χ4n) is 2.19. The highest BCUT2D eigenvalue weighted by Gasteiger charge is 2.38. The minimum Gasteiger partial charge on any atom is -0.396 e. The maximum absolute atomic E-state index is 11.7. The van der Waals surface area contributed by atoms with Crippen molar-refractivity contribution in [2.45, 2.75) is 13.2 Å². The molecule has 18 heavy (non-hydrogen) atoms. The number of aliphatic hydroxyl groups excluding tert-OH is 2. The molecule has 3 atom stereocenters. The Kier molecular flexibility index (Phi) is 3.65. The molecule has 0 saturated carbocycles. The molecule has 7 nitrogen and oxygen atoms in total. The molecular formula is C11H16N2O5. The lowest BCUT2D eigenvalue weighted by Gasteiger charge is -2.21. The zero-order chi connectivity index (χ0) is 13.3. The van der Waals surface area contributed by atoms with Gasteiger partial charge in [0.1, 0.15) is 6.23 Å². The summed E-state index contributed by atoms with van der Waals surface area (Å²) >= 11 is 0. The van der Waals surface area contributed by atoms with Crippen LogP contribution < -0.4 is 11.2 Å². The van der Waals surface area contributed by atoms with Crippen LogP contribution >= 0.6 is 0 Å². The first kappa shape index (κ1) is 13.0. The van der Waals surface area contributed by atoms with Crippen molar-refractivity contribution in [3.63, 3.8) is 0 Å². The molecule has 1 aromatic rings. The number of aliphatic hydroxyl groups is 2. The molecule has 0 spiro atoms. The highest BCUT2D eigenvalue weighted by Crippen LogP contribution is 2.33. The molecule has 0 aliphatic carbocycles. The molecule has 0 aromatic carbocycles. The largest absolute Gasteiger partial charge is 0.396 e. The summed E-state index contributed by atoms with van der Waals surface area (Å²) in [7, 11) is 0. The van der Waals surface area contributed by atoms with E-state index < -0.39 is 17.5 Å². The molecule has 0 amide bonds. The van der Waals surface area contributed by atoms with Gasteiger partial charge in [-0.25, -0.2) is 4.79 Å². The fourth-order valence-corrected chi connectivity index (χ4v) is 2.19. The Hall–Kier alpha value is -1.44. The van der Waals surface area contributed by atoms with Crippen molar-refractivity contribution in [1.82, 2.24) is 9.55 Å². The molecule has 1 fully saturated rings. The molecule has 2 heterocycles. The van der Waals surface area contributed by atoms with Gasteiger partial charge in [-0.1, -0.05) is 0 Å². The Morgan fingerprint density at radius 3 is 2.78 bits per heavy atom. The number of hydrogen-bond donors (Lipinski definition) is 3. The summed E-state index contributed by atoms with van der Waals surface area (Å²) in [6.45, 7) is 1.55. The molecule has 0 bridgehead atoms. The Morgan fingerprint density at radius 1 is 1.44 bits per heavy atom. The number of aromatic nitrogens is 2. The summed E-state index contributed by atoms with van der Waals surface area (Å²) in [5, 5.41) is 18.5. The smallest absolute Gasteiger partial charge is 0.330 e. The van der Waals surface area contributed by atoms with Crippen LogP contribution in [0.2, 0.25) is 0 Å². The molecule has 1 aliphatic rings. The third-order valence-corrected chi connectivity index (χ3v) is 3.32. The minimum absolute atomic E-state index is 0.112. The standard InChI is InChI=1S/C11H16N2O5/c1-6-2-13(11(17)12-9(6)16)10-8(4-15)7(3-14)5-18-10/h2,7-8,10,14-15H,3-5H2,1H3,(H,12,16,17)/t7-,8+,10+/m0/s1. The number of H-pyrrole nitrogens is 1. The normalized spacial score (nSPS) is 27.6. The van der Waals surface area contributed by atoms with Crippen molar-refractivity contribution >= 4 is 0 Å². The lowest BCUT2D eigenvalue weighted by molar-refractivity contribution is 0.0135. The maximum atomic E-state index is 11.7. The maximum Gasteiger partial charge on any atom is 0.330 e. The third kappa shape index (κ3) is 2.12. The second-order valence-electron chi connectivity index (χ2n) is 4.49. The highest BCUT2D eigenvalue weighted by molar-refractivity contribution is 5.02. The van der Waals surface area contributed by atoms with Crippen LogP contribution in [0, 0.1) is 18.8 Å². The number of aromatic amines is 1. The number of hydrogen-bond acceptors (Lipinski definition) is 5. The first-order valence-electron chi connectivity index (χ1n) is 5.74. The molecule has 3 N–H and O–H groups in total. The molecule has 1 aliphatic heterocycles. The van der Waals surface area contributed by atoms with Crippen LogP contribution in [0.5, 0.6) is 0 Å². The number of nitrogens with one attached hydrogen (secondary N) is 1. The molecule has 0 radical (unpaired) electrons. The number of ether oxygens (including phenoxy) is 1. The third-order valence-electron chi connectivity index (χ3n) is 3.32. The summed E-state index contributed by atoms with van der Waals surface area (Å²) in [6, 6.07) is 0. The molecular weight excluding hydrogens is 240 g/mol. The number of rotatable bonds is 3. The first-order chi connectivity index (χ1) is 8.58. The average Bonchev–Trinajstić information content (AvgIpc) is 2.76. The van der Waals surface area contributed by atoms with E-state index in [1.165, 1.54) is 10.8 Å². The SMILES string of the molecule is Cc1cn([C@@H]2OC[C@H](CO)[C@H]2CO)c(=O)[nH]c1=O. The van der Waals surface area contributed by atoms with Gasteiger partial charge in [0.2, 0.25) is 0 Å². The van der Waals surface area contributed by atoms with E-state index in [-0.39, 0.29) is 31.7 Å². The van der Waals surface area contributed by atoms with E-state index in [0.29, 0.717) is 5.56 Å². The Balaban J connectivity index is 2.40. The second kappa shape index (κ2) is 5.05. The molecule has 7 heteroatoms. The van der Waals surface area contributed by atoms with E-state index in [1.54, 1.807) is 6.92 Å². The van der Waals surface area contributed by atoms with E-state index in [9.17, 15) is 14.7 Å². The Morgan fingerprint density at radius 2 is 2.17 bits per heavy atom. The zero-order valence-electron chi connectivity index (χ0n) is 10.00. The van der Waals surface area contributed by atoms with Gasteiger partial charge in [-0.05, 0) is 6.92 Å². The number of nitrogens with zero attached hydrogens (tertiary/aromatic N) is 1. The van der Waals surface area contributed by atoms with Crippen LogP contribution in [0.1, 0.15) is 11.8 Å². The van der Waals surface area contributed by atoms with Crippen LogP contribution in [0.25, 0.3) is 0 Å². The van der Waals surface area contributed by atoms with Crippen molar-refractivity contribution in [3.8, 4) is 0 Å². The topological polar surface area (TPSA) is 105 Å². The predicted molar refractivity (Wildman–Crippen MR) is 62.2 cm³/mol. The van der Waals surface area contributed by atoms with Gasteiger partial charge in [0.25, 0.3) is 5.56 Å². The lowest BCUT2D eigenvalue weighted by atomic mass is 9.95. The summed E-state index contributed by atoms with van der Waals surface area (Å²) in [6.07, 6.45) is 0.754. The first-order valence-corrected chi connectivity index (χ1v) is 5.74. The number of aryl methyl sites for hydroxylation is 1. The van der Waals surface area contributed by atoms with E-state index in [2.05, 4.69) is 4.98 Å². The van der Waals surface area contributed by atoms with Gasteiger partial charge < -0.3 is 14.9 Å². The van der Waals surface area contributed by atoms with E-state index in [0.717, 1.165) is 0 Å². The molecule has 1 saturated heterocycles. The lowest BCUT2D eigenvalue weighted by Crippen LogP contribution is -2.36. The molecule has 1 aromatic heterocycles. The summed E-state index contributed by atoms with van der Waals surface area (Å²) < 4.78 is 6.70. The van der Waals surface area contributed by atoms with E-state index >= 15 is 0 Å². The van der Waals surface area contributed by atoms with Crippen LogP contribution in [0.15, 0.2) is 15.8 Å². The van der Waals surface area contributed by atoms with Crippen LogP contribution in [-0.2, 0) is 4.74 Å². The Bertz CT molecular complexity index is 535. The van der Waals surface area contributed by atoms with Gasteiger partial charge in [-0.15, -0.1) is 0 Å². The van der Waals surface area contributed by atoms with Crippen molar-refractivity contribution < 1.29 is 14.9 Å². The van der Waals surface area contributed by atoms with Crippen LogP contribution in [0.4, 0.5) is 0 Å². The summed E-state index contributed by atoms with van der Waals surface area (Å²) in [5.41, 5.74) is -0.622.